The maximum absolute atomic E-state index is 12.1. The van der Waals surface area contributed by atoms with Gasteiger partial charge in [0.1, 0.15) is 11.4 Å². The minimum absolute atomic E-state index is 0.305. The Labute approximate surface area is 131 Å². The molecule has 0 spiro atoms. The van der Waals surface area contributed by atoms with Gasteiger partial charge in [0.25, 0.3) is 0 Å². The third kappa shape index (κ3) is 4.96. The van der Waals surface area contributed by atoms with Gasteiger partial charge < -0.3 is 14.2 Å². The molecule has 22 heavy (non-hydrogen) atoms. The molecular formula is C16H24N2O4. The molecule has 0 aliphatic carbocycles. The number of ether oxygens (including phenoxy) is 3. The Morgan fingerprint density at radius 3 is 2.91 bits per heavy atom. The summed E-state index contributed by atoms with van der Waals surface area (Å²) in [4.78, 5) is 18.4. The smallest absolute Gasteiger partial charge is 0.337 e. The first-order valence-corrected chi connectivity index (χ1v) is 7.42. The molecule has 0 aromatic carbocycles. The number of aromatic nitrogens is 1. The molecule has 6 heteroatoms. The van der Waals surface area contributed by atoms with Gasteiger partial charge in [0.15, 0.2) is 6.10 Å². The van der Waals surface area contributed by atoms with E-state index in [1.54, 1.807) is 19.5 Å². The largest absolute Gasteiger partial charge is 0.495 e. The lowest BCUT2D eigenvalue weighted by Gasteiger charge is -2.33. The summed E-state index contributed by atoms with van der Waals surface area (Å²) >= 11 is 0. The van der Waals surface area contributed by atoms with Crippen LogP contribution in [-0.2, 0) is 20.8 Å². The van der Waals surface area contributed by atoms with Crippen LogP contribution in [0.15, 0.2) is 18.5 Å². The average molecular weight is 308 g/mol. The van der Waals surface area contributed by atoms with Crippen LogP contribution in [0.1, 0.15) is 26.3 Å². The molecule has 1 aliphatic rings. The first-order valence-electron chi connectivity index (χ1n) is 7.42. The second-order valence-electron chi connectivity index (χ2n) is 6.36. The Balaban J connectivity index is 1.94. The number of carbonyl (C=O) groups excluding carboxylic acids is 1. The minimum atomic E-state index is -0.536. The SMILES string of the molecule is COc1cncc(CN2CCOC(C(=O)OC(C)(C)C)C2)c1. The van der Waals surface area contributed by atoms with Crippen LogP contribution in [0.5, 0.6) is 5.75 Å². The van der Waals surface area contributed by atoms with Crippen molar-refractivity contribution in [1.82, 2.24) is 9.88 Å². The van der Waals surface area contributed by atoms with E-state index in [0.717, 1.165) is 17.9 Å². The summed E-state index contributed by atoms with van der Waals surface area (Å²) in [5.41, 5.74) is 0.545. The van der Waals surface area contributed by atoms with E-state index in [1.807, 2.05) is 26.8 Å². The molecule has 1 saturated heterocycles. The van der Waals surface area contributed by atoms with Gasteiger partial charge in [0.2, 0.25) is 0 Å². The van der Waals surface area contributed by atoms with Crippen LogP contribution in [0, 0.1) is 0 Å². The van der Waals surface area contributed by atoms with Gasteiger partial charge in [-0.25, -0.2) is 4.79 Å². The van der Waals surface area contributed by atoms with E-state index < -0.39 is 11.7 Å². The van der Waals surface area contributed by atoms with Gasteiger partial charge in [-0.2, -0.15) is 0 Å². The fourth-order valence-electron chi connectivity index (χ4n) is 2.28. The van der Waals surface area contributed by atoms with E-state index in [4.69, 9.17) is 14.2 Å². The average Bonchev–Trinajstić information content (AvgIpc) is 2.46. The predicted molar refractivity (Wildman–Crippen MR) is 81.7 cm³/mol. The van der Waals surface area contributed by atoms with Gasteiger partial charge in [-0.3, -0.25) is 9.88 Å². The minimum Gasteiger partial charge on any atom is -0.495 e. The second kappa shape index (κ2) is 7.07. The molecule has 1 aromatic heterocycles. The fourth-order valence-corrected chi connectivity index (χ4v) is 2.28. The van der Waals surface area contributed by atoms with Gasteiger partial charge in [-0.15, -0.1) is 0 Å². The highest BCUT2D eigenvalue weighted by Crippen LogP contribution is 2.16. The number of morpholine rings is 1. The molecule has 0 bridgehead atoms. The summed E-state index contributed by atoms with van der Waals surface area (Å²) in [5, 5.41) is 0. The van der Waals surface area contributed by atoms with E-state index >= 15 is 0 Å². The van der Waals surface area contributed by atoms with Crippen molar-refractivity contribution in [3.63, 3.8) is 0 Å². The number of nitrogens with zero attached hydrogens (tertiary/aromatic N) is 2. The summed E-state index contributed by atoms with van der Waals surface area (Å²) < 4.78 is 16.1. The lowest BCUT2D eigenvalue weighted by molar-refractivity contribution is -0.174. The zero-order valence-electron chi connectivity index (χ0n) is 13.7. The van der Waals surface area contributed by atoms with Crippen molar-refractivity contribution in [3.8, 4) is 5.75 Å². The molecule has 1 aromatic rings. The van der Waals surface area contributed by atoms with Gasteiger partial charge in [0, 0.05) is 25.8 Å². The van der Waals surface area contributed by atoms with E-state index in [0.29, 0.717) is 19.7 Å². The highest BCUT2D eigenvalue weighted by Gasteiger charge is 2.30. The topological polar surface area (TPSA) is 60.9 Å². The Kier molecular flexibility index (Phi) is 5.37. The molecule has 1 aliphatic heterocycles. The van der Waals surface area contributed by atoms with Crippen LogP contribution in [0.25, 0.3) is 0 Å². The standard InChI is InChI=1S/C16H24N2O4/c1-16(2,3)22-15(19)14-11-18(5-6-21-14)10-12-7-13(20-4)9-17-8-12/h7-9,14H,5-6,10-11H2,1-4H3. The normalized spacial score (nSPS) is 19.7. The maximum atomic E-state index is 12.1. The van der Waals surface area contributed by atoms with Gasteiger partial charge in [0.05, 0.1) is 19.9 Å². The summed E-state index contributed by atoms with van der Waals surface area (Å²) in [7, 11) is 1.62. The molecular weight excluding hydrogens is 284 g/mol. The molecule has 0 radical (unpaired) electrons. The first kappa shape index (κ1) is 16.7. The molecule has 1 unspecified atom stereocenters. The van der Waals surface area contributed by atoms with Crippen LogP contribution in [-0.4, -0.2) is 54.4 Å². The van der Waals surface area contributed by atoms with Gasteiger partial charge in [-0.1, -0.05) is 0 Å². The lowest BCUT2D eigenvalue weighted by atomic mass is 10.2. The summed E-state index contributed by atoms with van der Waals surface area (Å²) in [5.74, 6) is 0.426. The van der Waals surface area contributed by atoms with Crippen LogP contribution in [0.2, 0.25) is 0 Å². The van der Waals surface area contributed by atoms with Crippen molar-refractivity contribution in [2.45, 2.75) is 39.0 Å². The molecule has 0 saturated carbocycles. The van der Waals surface area contributed by atoms with E-state index in [2.05, 4.69) is 9.88 Å². The van der Waals surface area contributed by atoms with Crippen LogP contribution < -0.4 is 4.74 Å². The number of carbonyl (C=O) groups is 1. The lowest BCUT2D eigenvalue weighted by Crippen LogP contribution is -2.47. The van der Waals surface area contributed by atoms with Crippen molar-refractivity contribution in [2.75, 3.05) is 26.8 Å². The number of hydrogen-bond acceptors (Lipinski definition) is 6. The Hall–Kier alpha value is -1.66. The Morgan fingerprint density at radius 2 is 2.23 bits per heavy atom. The number of esters is 1. The van der Waals surface area contributed by atoms with E-state index in [-0.39, 0.29) is 5.97 Å². The molecule has 0 amide bonds. The maximum Gasteiger partial charge on any atom is 0.337 e. The van der Waals surface area contributed by atoms with Gasteiger partial charge in [-0.05, 0) is 32.4 Å². The number of pyridine rings is 1. The van der Waals surface area contributed by atoms with Crippen LogP contribution in [0.3, 0.4) is 0 Å². The molecule has 2 heterocycles. The van der Waals surface area contributed by atoms with Crippen LogP contribution >= 0.6 is 0 Å². The number of rotatable bonds is 4. The van der Waals surface area contributed by atoms with Crippen LogP contribution in [0.4, 0.5) is 0 Å². The number of methoxy groups -OCH3 is 1. The second-order valence-corrected chi connectivity index (χ2v) is 6.36. The summed E-state index contributed by atoms with van der Waals surface area (Å²) in [6.07, 6.45) is 2.94. The monoisotopic (exact) mass is 308 g/mol. The van der Waals surface area contributed by atoms with Crippen molar-refractivity contribution in [1.29, 1.82) is 0 Å². The predicted octanol–water partition coefficient (Wildman–Crippen LogP) is 1.63. The zero-order valence-corrected chi connectivity index (χ0v) is 13.7. The van der Waals surface area contributed by atoms with Crippen molar-refractivity contribution in [2.24, 2.45) is 0 Å². The number of hydrogen-bond donors (Lipinski definition) is 0. The molecule has 6 nitrogen and oxygen atoms in total. The molecule has 122 valence electrons. The first-order chi connectivity index (χ1) is 10.4. The third-order valence-electron chi connectivity index (χ3n) is 3.23. The Bertz CT molecular complexity index is 513. The summed E-state index contributed by atoms with van der Waals surface area (Å²) in [6.45, 7) is 8.07. The Morgan fingerprint density at radius 1 is 1.45 bits per heavy atom. The van der Waals surface area contributed by atoms with Crippen molar-refractivity contribution >= 4 is 5.97 Å². The molecule has 0 N–H and O–H groups in total. The highest BCUT2D eigenvalue weighted by molar-refractivity contribution is 5.75. The van der Waals surface area contributed by atoms with E-state index in [9.17, 15) is 4.79 Å². The van der Waals surface area contributed by atoms with E-state index in [1.165, 1.54) is 0 Å². The molecule has 1 atom stereocenters. The van der Waals surface area contributed by atoms with Gasteiger partial charge >= 0.3 is 5.97 Å². The molecule has 1 fully saturated rings. The van der Waals surface area contributed by atoms with Crippen molar-refractivity contribution in [3.05, 3.63) is 24.0 Å². The quantitative estimate of drug-likeness (QED) is 0.788. The zero-order chi connectivity index (χ0) is 16.2. The highest BCUT2D eigenvalue weighted by atomic mass is 16.6. The molecule has 2 rings (SSSR count). The van der Waals surface area contributed by atoms with Crippen molar-refractivity contribution < 1.29 is 19.0 Å². The third-order valence-corrected chi connectivity index (χ3v) is 3.23. The summed E-state index contributed by atoms with van der Waals surface area (Å²) in [6, 6.07) is 1.95. The fraction of sp³-hybridized carbons (Fsp3) is 0.625.